The molecule has 0 saturated carbocycles. The molecule has 2 aromatic carbocycles. The largest absolute Gasteiger partial charge is 0.271 e. The fourth-order valence-electron chi connectivity index (χ4n) is 2.47. The van der Waals surface area contributed by atoms with E-state index in [2.05, 4.69) is 10.5 Å². The zero-order valence-electron chi connectivity index (χ0n) is 15.4. The van der Waals surface area contributed by atoms with E-state index in [-0.39, 0.29) is 10.5 Å². The van der Waals surface area contributed by atoms with Crippen molar-refractivity contribution in [2.24, 2.45) is 5.10 Å². The van der Waals surface area contributed by atoms with Crippen LogP contribution in [0.25, 0.3) is 0 Å². The van der Waals surface area contributed by atoms with Gasteiger partial charge >= 0.3 is 0 Å². The minimum atomic E-state index is -3.63. The number of nitrogens with zero attached hydrogens (tertiary/aromatic N) is 2. The smallest absolute Gasteiger partial charge is 0.267 e. The minimum Gasteiger partial charge on any atom is -0.267 e. The van der Waals surface area contributed by atoms with Crippen molar-refractivity contribution in [1.29, 1.82) is 0 Å². The lowest BCUT2D eigenvalue weighted by Crippen LogP contribution is -2.30. The third kappa shape index (κ3) is 5.15. The van der Waals surface area contributed by atoms with E-state index in [1.54, 1.807) is 57.2 Å². The molecule has 2 rings (SSSR count). The maximum absolute atomic E-state index is 12.6. The van der Waals surface area contributed by atoms with Crippen LogP contribution in [-0.2, 0) is 10.0 Å². The van der Waals surface area contributed by atoms with Gasteiger partial charge in [-0.15, -0.1) is 0 Å². The van der Waals surface area contributed by atoms with Crippen LogP contribution in [0.15, 0.2) is 58.5 Å². The van der Waals surface area contributed by atoms with Crippen LogP contribution in [0.2, 0.25) is 5.02 Å². The zero-order chi connectivity index (χ0) is 20.0. The minimum absolute atomic E-state index is 0.0808. The first kappa shape index (κ1) is 21.1. The SMILES string of the molecule is CCN(CC)S(=O)(=O)c1cccc(C(=O)N/N=C(\C)c2ccc(Cl)cc2)c1. The van der Waals surface area contributed by atoms with Crippen LogP contribution in [0.5, 0.6) is 0 Å². The fraction of sp³-hybridized carbons (Fsp3) is 0.263. The maximum atomic E-state index is 12.6. The van der Waals surface area contributed by atoms with Gasteiger partial charge in [0.15, 0.2) is 0 Å². The quantitative estimate of drug-likeness (QED) is 0.563. The van der Waals surface area contributed by atoms with Crippen molar-refractivity contribution in [1.82, 2.24) is 9.73 Å². The molecule has 27 heavy (non-hydrogen) atoms. The van der Waals surface area contributed by atoms with E-state index < -0.39 is 15.9 Å². The Bertz CT molecular complexity index is 937. The summed E-state index contributed by atoms with van der Waals surface area (Å²) in [5.41, 5.74) is 4.09. The van der Waals surface area contributed by atoms with Gasteiger partial charge in [-0.25, -0.2) is 13.8 Å². The first-order valence-corrected chi connectivity index (χ1v) is 10.3. The van der Waals surface area contributed by atoms with Crippen molar-refractivity contribution >= 4 is 33.2 Å². The van der Waals surface area contributed by atoms with Crippen LogP contribution < -0.4 is 5.43 Å². The second-order valence-corrected chi connectivity index (χ2v) is 8.14. The monoisotopic (exact) mass is 407 g/mol. The van der Waals surface area contributed by atoms with E-state index >= 15 is 0 Å². The number of nitrogens with one attached hydrogen (secondary N) is 1. The van der Waals surface area contributed by atoms with Crippen molar-refractivity contribution in [3.05, 3.63) is 64.7 Å². The summed E-state index contributed by atoms with van der Waals surface area (Å²) in [5, 5.41) is 4.69. The van der Waals surface area contributed by atoms with Gasteiger partial charge in [0, 0.05) is 23.7 Å². The molecule has 1 N–H and O–H groups in total. The number of amides is 1. The molecular weight excluding hydrogens is 386 g/mol. The van der Waals surface area contributed by atoms with E-state index in [9.17, 15) is 13.2 Å². The highest BCUT2D eigenvalue weighted by atomic mass is 35.5. The summed E-state index contributed by atoms with van der Waals surface area (Å²) in [6.45, 7) is 6.02. The third-order valence-corrected chi connectivity index (χ3v) is 6.32. The van der Waals surface area contributed by atoms with E-state index in [0.717, 1.165) is 5.56 Å². The van der Waals surface area contributed by atoms with Crippen LogP contribution in [0, 0.1) is 0 Å². The van der Waals surface area contributed by atoms with Gasteiger partial charge in [-0.3, -0.25) is 4.79 Å². The molecule has 0 spiro atoms. The number of sulfonamides is 1. The number of halogens is 1. The van der Waals surface area contributed by atoms with Crippen molar-refractivity contribution in [2.45, 2.75) is 25.7 Å². The lowest BCUT2D eigenvalue weighted by molar-refractivity contribution is 0.0954. The molecule has 0 aliphatic carbocycles. The standard InChI is InChI=1S/C19H22ClN3O3S/c1-4-23(5-2)27(25,26)18-8-6-7-16(13-18)19(24)22-21-14(3)15-9-11-17(20)12-10-15/h6-13H,4-5H2,1-3H3,(H,22,24)/b21-14+. The van der Waals surface area contributed by atoms with Crippen LogP contribution in [-0.4, -0.2) is 37.4 Å². The molecule has 2 aromatic rings. The molecule has 0 saturated heterocycles. The molecule has 0 bridgehead atoms. The van der Waals surface area contributed by atoms with E-state index in [1.165, 1.54) is 16.4 Å². The van der Waals surface area contributed by atoms with Crippen molar-refractivity contribution in [2.75, 3.05) is 13.1 Å². The van der Waals surface area contributed by atoms with Gasteiger partial charge in [-0.1, -0.05) is 43.6 Å². The van der Waals surface area contributed by atoms with Crippen molar-refractivity contribution < 1.29 is 13.2 Å². The number of hydrogen-bond acceptors (Lipinski definition) is 4. The van der Waals surface area contributed by atoms with Gasteiger partial charge in [-0.05, 0) is 42.8 Å². The number of hydrazone groups is 1. The molecule has 0 aromatic heterocycles. The average Bonchev–Trinajstić information content (AvgIpc) is 2.67. The van der Waals surface area contributed by atoms with Gasteiger partial charge < -0.3 is 0 Å². The molecule has 8 heteroatoms. The van der Waals surface area contributed by atoms with Gasteiger partial charge in [0.2, 0.25) is 10.0 Å². The molecular formula is C19H22ClN3O3S. The summed E-state index contributed by atoms with van der Waals surface area (Å²) in [6.07, 6.45) is 0. The van der Waals surface area contributed by atoms with Crippen LogP contribution in [0.3, 0.4) is 0 Å². The average molecular weight is 408 g/mol. The molecule has 0 unspecified atom stereocenters. The molecule has 6 nitrogen and oxygen atoms in total. The highest BCUT2D eigenvalue weighted by molar-refractivity contribution is 7.89. The third-order valence-electron chi connectivity index (χ3n) is 4.03. The lowest BCUT2D eigenvalue weighted by Gasteiger charge is -2.18. The maximum Gasteiger partial charge on any atom is 0.271 e. The Hall–Kier alpha value is -2.22. The molecule has 0 aliphatic heterocycles. The Morgan fingerprint density at radius 3 is 2.30 bits per heavy atom. The van der Waals surface area contributed by atoms with Gasteiger partial charge in [0.05, 0.1) is 10.6 Å². The zero-order valence-corrected chi connectivity index (χ0v) is 17.0. The first-order valence-electron chi connectivity index (χ1n) is 8.50. The molecule has 0 aliphatic rings. The molecule has 1 amide bonds. The van der Waals surface area contributed by atoms with Crippen LogP contribution in [0.1, 0.15) is 36.7 Å². The highest BCUT2D eigenvalue weighted by Gasteiger charge is 2.22. The molecule has 144 valence electrons. The van der Waals surface area contributed by atoms with Gasteiger partial charge in [0.1, 0.15) is 0 Å². The Labute approximate surface area is 164 Å². The van der Waals surface area contributed by atoms with Gasteiger partial charge in [-0.2, -0.15) is 9.41 Å². The second kappa shape index (κ2) is 9.12. The lowest BCUT2D eigenvalue weighted by atomic mass is 10.1. The topological polar surface area (TPSA) is 78.8 Å². The number of carbonyl (C=O) groups excluding carboxylic acids is 1. The van der Waals surface area contributed by atoms with Crippen LogP contribution in [0.4, 0.5) is 0 Å². The summed E-state index contributed by atoms with van der Waals surface area (Å²) in [7, 11) is -3.63. The first-order chi connectivity index (χ1) is 12.8. The summed E-state index contributed by atoms with van der Waals surface area (Å²) < 4.78 is 26.5. The fourth-order valence-corrected chi connectivity index (χ4v) is 4.10. The molecule has 0 radical (unpaired) electrons. The molecule has 0 fully saturated rings. The number of hydrogen-bond donors (Lipinski definition) is 1. The molecule has 0 heterocycles. The normalized spacial score (nSPS) is 12.3. The Morgan fingerprint density at radius 1 is 1.07 bits per heavy atom. The van der Waals surface area contributed by atoms with Crippen molar-refractivity contribution in [3.8, 4) is 0 Å². The highest BCUT2D eigenvalue weighted by Crippen LogP contribution is 2.17. The van der Waals surface area contributed by atoms with E-state index in [0.29, 0.717) is 23.8 Å². The Balaban J connectivity index is 2.20. The number of carbonyl (C=O) groups is 1. The van der Waals surface area contributed by atoms with E-state index in [1.807, 2.05) is 0 Å². The summed E-state index contributed by atoms with van der Waals surface area (Å²) in [6, 6.07) is 13.0. The predicted molar refractivity (Wildman–Crippen MR) is 108 cm³/mol. The Kier molecular flexibility index (Phi) is 7.12. The molecule has 0 atom stereocenters. The number of benzene rings is 2. The summed E-state index contributed by atoms with van der Waals surface area (Å²) >= 11 is 5.86. The number of rotatable bonds is 7. The predicted octanol–water partition coefficient (Wildman–Crippen LogP) is 3.52. The van der Waals surface area contributed by atoms with Crippen molar-refractivity contribution in [3.63, 3.8) is 0 Å². The summed E-state index contributed by atoms with van der Waals surface area (Å²) in [5.74, 6) is -0.486. The second-order valence-electron chi connectivity index (χ2n) is 5.76. The van der Waals surface area contributed by atoms with Crippen LogP contribution >= 0.6 is 11.6 Å². The van der Waals surface area contributed by atoms with Gasteiger partial charge in [0.25, 0.3) is 5.91 Å². The van der Waals surface area contributed by atoms with E-state index in [4.69, 9.17) is 11.6 Å². The Morgan fingerprint density at radius 2 is 1.70 bits per heavy atom. The summed E-state index contributed by atoms with van der Waals surface area (Å²) in [4.78, 5) is 12.5.